The van der Waals surface area contributed by atoms with E-state index in [1.54, 1.807) is 7.11 Å². The number of nitrogens with one attached hydrogen (secondary N) is 1. The van der Waals surface area contributed by atoms with Crippen molar-refractivity contribution in [1.29, 1.82) is 0 Å². The molecule has 1 aliphatic heterocycles. The lowest BCUT2D eigenvalue weighted by Crippen LogP contribution is -2.33. The molecule has 0 saturated carbocycles. The van der Waals surface area contributed by atoms with Crippen molar-refractivity contribution in [2.45, 2.75) is 31.6 Å². The Bertz CT molecular complexity index is 337. The second kappa shape index (κ2) is 6.15. The van der Waals surface area contributed by atoms with Gasteiger partial charge >= 0.3 is 0 Å². The third-order valence-corrected chi connectivity index (χ3v) is 3.35. The quantitative estimate of drug-likeness (QED) is 0.868. The van der Waals surface area contributed by atoms with E-state index in [0.717, 1.165) is 19.4 Å². The van der Waals surface area contributed by atoms with Crippen LogP contribution in [0.1, 0.15) is 30.1 Å². The maximum Gasteiger partial charge on any atom is 0.0839 e. The van der Waals surface area contributed by atoms with Gasteiger partial charge in [-0.3, -0.25) is 0 Å². The largest absolute Gasteiger partial charge is 0.380 e. The second-order valence-corrected chi connectivity index (χ2v) is 4.54. The van der Waals surface area contributed by atoms with Crippen molar-refractivity contribution in [3.05, 3.63) is 35.4 Å². The van der Waals surface area contributed by atoms with Gasteiger partial charge in [0.05, 0.1) is 12.7 Å². The first-order valence-electron chi connectivity index (χ1n) is 6.20. The highest BCUT2D eigenvalue weighted by atomic mass is 16.5. The second-order valence-electron chi connectivity index (χ2n) is 4.54. The third kappa shape index (κ3) is 3.28. The monoisotopic (exact) mass is 235 g/mol. The van der Waals surface area contributed by atoms with Crippen molar-refractivity contribution in [3.8, 4) is 0 Å². The summed E-state index contributed by atoms with van der Waals surface area (Å²) in [6.07, 6.45) is 2.40. The minimum Gasteiger partial charge on any atom is -0.380 e. The average molecular weight is 235 g/mol. The predicted octanol–water partition coefficient (Wildman–Crippen LogP) is 2.27. The van der Waals surface area contributed by atoms with Crippen LogP contribution in [-0.2, 0) is 16.1 Å². The summed E-state index contributed by atoms with van der Waals surface area (Å²) in [5.41, 5.74) is 2.47. The number of benzene rings is 1. The first-order valence-corrected chi connectivity index (χ1v) is 6.20. The Morgan fingerprint density at radius 3 is 2.76 bits per heavy atom. The molecule has 0 bridgehead atoms. The van der Waals surface area contributed by atoms with Crippen molar-refractivity contribution in [3.63, 3.8) is 0 Å². The highest BCUT2D eigenvalue weighted by molar-refractivity contribution is 5.24. The molecule has 1 aromatic rings. The van der Waals surface area contributed by atoms with Gasteiger partial charge in [-0.1, -0.05) is 24.3 Å². The van der Waals surface area contributed by atoms with E-state index in [9.17, 15) is 0 Å². The molecule has 1 saturated heterocycles. The lowest BCUT2D eigenvalue weighted by molar-refractivity contribution is 0.00152. The fourth-order valence-electron chi connectivity index (χ4n) is 2.29. The Morgan fingerprint density at radius 1 is 1.35 bits per heavy atom. The molecule has 1 aromatic carbocycles. The molecule has 1 aliphatic rings. The van der Waals surface area contributed by atoms with Crippen LogP contribution < -0.4 is 5.32 Å². The van der Waals surface area contributed by atoms with Gasteiger partial charge in [-0.2, -0.15) is 0 Å². The number of rotatable bonds is 4. The lowest BCUT2D eigenvalue weighted by Gasteiger charge is -2.29. The molecular weight excluding hydrogens is 214 g/mol. The molecule has 2 unspecified atom stereocenters. The van der Waals surface area contributed by atoms with Crippen LogP contribution in [0.4, 0.5) is 0 Å². The van der Waals surface area contributed by atoms with Crippen molar-refractivity contribution in [2.75, 3.05) is 20.8 Å². The molecule has 0 aliphatic carbocycles. The summed E-state index contributed by atoms with van der Waals surface area (Å²) in [4.78, 5) is 0. The molecular formula is C14H21NO2. The van der Waals surface area contributed by atoms with E-state index in [4.69, 9.17) is 9.47 Å². The van der Waals surface area contributed by atoms with Crippen molar-refractivity contribution >= 4 is 0 Å². The predicted molar refractivity (Wildman–Crippen MR) is 67.9 cm³/mol. The molecule has 0 radical (unpaired) electrons. The maximum absolute atomic E-state index is 5.82. The highest BCUT2D eigenvalue weighted by Gasteiger charge is 2.22. The van der Waals surface area contributed by atoms with Crippen LogP contribution >= 0.6 is 0 Å². The van der Waals surface area contributed by atoms with Crippen LogP contribution in [0.25, 0.3) is 0 Å². The normalized spacial score (nSPS) is 24.8. The van der Waals surface area contributed by atoms with Gasteiger partial charge in [0.25, 0.3) is 0 Å². The van der Waals surface area contributed by atoms with Gasteiger partial charge < -0.3 is 14.8 Å². The van der Waals surface area contributed by atoms with Crippen LogP contribution in [0.3, 0.4) is 0 Å². The molecule has 17 heavy (non-hydrogen) atoms. The van der Waals surface area contributed by atoms with Gasteiger partial charge in [0, 0.05) is 19.8 Å². The van der Waals surface area contributed by atoms with E-state index in [1.165, 1.54) is 11.1 Å². The van der Waals surface area contributed by atoms with Gasteiger partial charge in [-0.25, -0.2) is 0 Å². The number of ether oxygens (including phenoxy) is 2. The fourth-order valence-corrected chi connectivity index (χ4v) is 2.29. The average Bonchev–Trinajstić information content (AvgIpc) is 2.40. The molecule has 1 heterocycles. The first-order chi connectivity index (χ1) is 8.33. The number of hydrogen-bond acceptors (Lipinski definition) is 3. The molecule has 1 N–H and O–H groups in total. The minimum absolute atomic E-state index is 0.234. The molecule has 0 spiro atoms. The van der Waals surface area contributed by atoms with E-state index >= 15 is 0 Å². The Balaban J connectivity index is 2.01. The summed E-state index contributed by atoms with van der Waals surface area (Å²) >= 11 is 0. The summed E-state index contributed by atoms with van der Waals surface area (Å²) in [6, 6.07) is 9.11. The summed E-state index contributed by atoms with van der Waals surface area (Å²) < 4.78 is 10.9. The van der Waals surface area contributed by atoms with Gasteiger partial charge in [0.1, 0.15) is 0 Å². The molecule has 1 fully saturated rings. The molecule has 2 rings (SSSR count). The minimum atomic E-state index is 0.234. The molecule has 0 aromatic heterocycles. The van der Waals surface area contributed by atoms with E-state index in [-0.39, 0.29) is 6.10 Å². The highest BCUT2D eigenvalue weighted by Crippen LogP contribution is 2.28. The Labute approximate surface area is 103 Å². The number of hydrogen-bond donors (Lipinski definition) is 1. The van der Waals surface area contributed by atoms with Crippen molar-refractivity contribution < 1.29 is 9.47 Å². The summed E-state index contributed by atoms with van der Waals surface area (Å²) in [5, 5.41) is 3.34. The smallest absolute Gasteiger partial charge is 0.0839 e. The topological polar surface area (TPSA) is 30.5 Å². The zero-order chi connectivity index (χ0) is 12.1. The first kappa shape index (κ1) is 12.6. The van der Waals surface area contributed by atoms with Gasteiger partial charge in [-0.15, -0.1) is 0 Å². The number of methoxy groups -OCH3 is 1. The SMILES string of the molecule is CNC1CCOC(c2ccc(COC)cc2)C1. The summed E-state index contributed by atoms with van der Waals surface area (Å²) in [7, 11) is 3.74. The van der Waals surface area contributed by atoms with Crippen LogP contribution in [0.5, 0.6) is 0 Å². The van der Waals surface area contributed by atoms with Crippen LogP contribution in [-0.4, -0.2) is 26.8 Å². The lowest BCUT2D eigenvalue weighted by atomic mass is 9.97. The summed E-state index contributed by atoms with van der Waals surface area (Å²) in [6.45, 7) is 1.51. The van der Waals surface area contributed by atoms with Gasteiger partial charge in [0.2, 0.25) is 0 Å². The van der Waals surface area contributed by atoms with Crippen LogP contribution in [0, 0.1) is 0 Å². The Hall–Kier alpha value is -0.900. The van der Waals surface area contributed by atoms with Crippen molar-refractivity contribution in [1.82, 2.24) is 5.32 Å². The Morgan fingerprint density at radius 2 is 2.12 bits per heavy atom. The van der Waals surface area contributed by atoms with Crippen LogP contribution in [0.2, 0.25) is 0 Å². The standard InChI is InChI=1S/C14H21NO2/c1-15-13-7-8-17-14(9-13)12-5-3-11(4-6-12)10-16-2/h3-6,13-15H,7-10H2,1-2H3. The Kier molecular flexibility index (Phi) is 4.54. The zero-order valence-corrected chi connectivity index (χ0v) is 10.6. The maximum atomic E-state index is 5.82. The van der Waals surface area contributed by atoms with Gasteiger partial charge in [-0.05, 0) is 31.0 Å². The van der Waals surface area contributed by atoms with E-state index < -0.39 is 0 Å². The van der Waals surface area contributed by atoms with Gasteiger partial charge in [0.15, 0.2) is 0 Å². The van der Waals surface area contributed by atoms with Crippen molar-refractivity contribution in [2.24, 2.45) is 0 Å². The molecule has 2 atom stereocenters. The third-order valence-electron chi connectivity index (χ3n) is 3.35. The molecule has 0 amide bonds. The molecule has 94 valence electrons. The van der Waals surface area contributed by atoms with E-state index in [0.29, 0.717) is 12.6 Å². The fraction of sp³-hybridized carbons (Fsp3) is 0.571. The molecule has 3 heteroatoms. The zero-order valence-electron chi connectivity index (χ0n) is 10.6. The van der Waals surface area contributed by atoms with E-state index in [2.05, 4.69) is 29.6 Å². The summed E-state index contributed by atoms with van der Waals surface area (Å²) in [5.74, 6) is 0. The van der Waals surface area contributed by atoms with E-state index in [1.807, 2.05) is 7.05 Å². The van der Waals surface area contributed by atoms with Crippen LogP contribution in [0.15, 0.2) is 24.3 Å². The molecule has 3 nitrogen and oxygen atoms in total.